The van der Waals surface area contributed by atoms with Crippen LogP contribution in [0.4, 0.5) is 17.6 Å². The Hall–Kier alpha value is -1.18. The molecule has 2 N–H and O–H groups in total. The van der Waals surface area contributed by atoms with Crippen LogP contribution in [-0.4, -0.2) is 17.3 Å². The zero-order chi connectivity index (χ0) is 12.6. The molecule has 90 valence electrons. The van der Waals surface area contributed by atoms with Gasteiger partial charge < -0.3 is 14.9 Å². The summed E-state index contributed by atoms with van der Waals surface area (Å²) in [4.78, 5) is 0. The van der Waals surface area contributed by atoms with Crippen LogP contribution >= 0.6 is 0 Å². The normalized spacial score (nSPS) is 12.9. The monoisotopic (exact) mass is 240 g/mol. The third-order valence-electron chi connectivity index (χ3n) is 1.89. The molecule has 0 amide bonds. The van der Waals surface area contributed by atoms with Crippen LogP contribution in [0.3, 0.4) is 0 Å². The number of aliphatic hydroxyl groups is 2. The predicted molar refractivity (Wildman–Crippen MR) is 44.5 cm³/mol. The highest BCUT2D eigenvalue weighted by Gasteiger charge is 2.34. The fourth-order valence-corrected chi connectivity index (χ4v) is 1.06. The van der Waals surface area contributed by atoms with Crippen LogP contribution in [0, 0.1) is 5.82 Å². The lowest BCUT2D eigenvalue weighted by Crippen LogP contribution is -2.27. The summed E-state index contributed by atoms with van der Waals surface area (Å²) in [6.07, 6.45) is -4.78. The number of alkyl halides is 3. The molecule has 0 fully saturated rings. The van der Waals surface area contributed by atoms with Crippen molar-refractivity contribution >= 4 is 0 Å². The third kappa shape index (κ3) is 2.69. The van der Waals surface area contributed by atoms with Gasteiger partial charge in [0.25, 0.3) is 0 Å². The summed E-state index contributed by atoms with van der Waals surface area (Å²) in [5.41, 5.74) is -2.06. The average Bonchev–Trinajstić information content (AvgIpc) is 2.15. The highest BCUT2D eigenvalue weighted by Crippen LogP contribution is 2.32. The van der Waals surface area contributed by atoms with Gasteiger partial charge in [-0.3, -0.25) is 0 Å². The average molecular weight is 240 g/mol. The van der Waals surface area contributed by atoms with Crippen LogP contribution < -0.4 is 0 Å². The van der Waals surface area contributed by atoms with Crippen molar-refractivity contribution in [2.24, 2.45) is 0 Å². The zero-order valence-corrected chi connectivity index (χ0v) is 8.05. The minimum absolute atomic E-state index is 0.245. The van der Waals surface area contributed by atoms with E-state index in [9.17, 15) is 17.6 Å². The van der Waals surface area contributed by atoms with Crippen molar-refractivity contribution in [2.45, 2.75) is 12.1 Å². The molecule has 0 aliphatic rings. The van der Waals surface area contributed by atoms with Gasteiger partial charge in [-0.2, -0.15) is 13.2 Å². The Bertz CT molecular complexity index is 387. The molecule has 16 heavy (non-hydrogen) atoms. The number of hydrogen-bond acceptors (Lipinski definition) is 3. The number of ether oxygens (including phenoxy) is 1. The molecule has 0 aromatic heterocycles. The molecule has 0 bridgehead atoms. The molecule has 1 aromatic carbocycles. The van der Waals surface area contributed by atoms with E-state index in [0.717, 1.165) is 7.11 Å². The molecule has 0 saturated carbocycles. The highest BCUT2D eigenvalue weighted by atomic mass is 19.4. The van der Waals surface area contributed by atoms with Crippen molar-refractivity contribution in [2.75, 3.05) is 7.11 Å². The molecule has 0 aliphatic carbocycles. The Kier molecular flexibility index (Phi) is 3.22. The van der Waals surface area contributed by atoms with E-state index in [1.165, 1.54) is 0 Å². The molecule has 1 aromatic rings. The van der Waals surface area contributed by atoms with Crippen LogP contribution in [0.25, 0.3) is 0 Å². The Balaban J connectivity index is 3.29. The smallest absolute Gasteiger partial charge is 0.340 e. The van der Waals surface area contributed by atoms with E-state index >= 15 is 0 Å². The number of hydrogen-bond donors (Lipinski definition) is 2. The molecule has 0 unspecified atom stereocenters. The van der Waals surface area contributed by atoms with Gasteiger partial charge in [0.2, 0.25) is 0 Å². The lowest BCUT2D eigenvalue weighted by molar-refractivity contribution is -0.338. The molecule has 0 atom stereocenters. The number of rotatable bonds is 2. The minimum atomic E-state index is -4.78. The number of halogens is 4. The molecule has 0 aliphatic heterocycles. The topological polar surface area (TPSA) is 49.7 Å². The maximum Gasteiger partial charge on any atom is 0.416 e. The van der Waals surface area contributed by atoms with Crippen LogP contribution in [0.15, 0.2) is 18.2 Å². The summed E-state index contributed by atoms with van der Waals surface area (Å²) in [6, 6.07) is 1.18. The Morgan fingerprint density at radius 1 is 1.06 bits per heavy atom. The quantitative estimate of drug-likeness (QED) is 0.609. The van der Waals surface area contributed by atoms with Gasteiger partial charge >= 0.3 is 12.1 Å². The second kappa shape index (κ2) is 4.00. The molecule has 0 saturated heterocycles. The van der Waals surface area contributed by atoms with Gasteiger partial charge in [-0.15, -0.1) is 0 Å². The molecular weight excluding hydrogens is 232 g/mol. The summed E-state index contributed by atoms with van der Waals surface area (Å²) in [6.45, 7) is 0. The van der Waals surface area contributed by atoms with Crippen molar-refractivity contribution in [1.29, 1.82) is 0 Å². The van der Waals surface area contributed by atoms with Gasteiger partial charge in [-0.25, -0.2) is 4.39 Å². The van der Waals surface area contributed by atoms with Crippen molar-refractivity contribution < 1.29 is 32.5 Å². The maximum atomic E-state index is 12.8. The zero-order valence-electron chi connectivity index (χ0n) is 8.05. The van der Waals surface area contributed by atoms with Gasteiger partial charge in [0.1, 0.15) is 5.82 Å². The summed E-state index contributed by atoms with van der Waals surface area (Å²) in [5.74, 6) is -4.20. The van der Waals surface area contributed by atoms with E-state index in [4.69, 9.17) is 10.2 Å². The van der Waals surface area contributed by atoms with E-state index in [0.29, 0.717) is 12.1 Å². The van der Waals surface area contributed by atoms with Gasteiger partial charge in [0.05, 0.1) is 5.56 Å². The summed E-state index contributed by atoms with van der Waals surface area (Å²) >= 11 is 0. The molecule has 1 rings (SSSR count). The SMILES string of the molecule is COC(O)(O)c1cc(F)cc(C(F)(F)F)c1. The first-order valence-electron chi connectivity index (χ1n) is 4.05. The number of benzene rings is 1. The Labute approximate surface area is 87.9 Å². The first kappa shape index (κ1) is 12.9. The predicted octanol–water partition coefficient (Wildman–Crippen LogP) is 1.59. The van der Waals surface area contributed by atoms with E-state index in [-0.39, 0.29) is 6.07 Å². The van der Waals surface area contributed by atoms with E-state index < -0.39 is 29.1 Å². The first-order valence-corrected chi connectivity index (χ1v) is 4.05. The molecular formula is C9H8F4O3. The van der Waals surface area contributed by atoms with Crippen LogP contribution in [-0.2, 0) is 16.9 Å². The second-order valence-corrected chi connectivity index (χ2v) is 3.04. The molecule has 0 spiro atoms. The van der Waals surface area contributed by atoms with Gasteiger partial charge in [-0.05, 0) is 18.2 Å². The molecule has 7 heteroatoms. The second-order valence-electron chi connectivity index (χ2n) is 3.04. The Morgan fingerprint density at radius 3 is 2.00 bits per heavy atom. The van der Waals surface area contributed by atoms with Crippen LogP contribution in [0.1, 0.15) is 11.1 Å². The van der Waals surface area contributed by atoms with Crippen LogP contribution in [0.2, 0.25) is 0 Å². The first-order chi connectivity index (χ1) is 7.16. The summed E-state index contributed by atoms with van der Waals surface area (Å²) in [5, 5.41) is 18.2. The summed E-state index contributed by atoms with van der Waals surface area (Å²) < 4.78 is 53.8. The highest BCUT2D eigenvalue weighted by molar-refractivity contribution is 5.28. The standard InChI is InChI=1S/C9H8F4O3/c1-16-9(14,15)6-2-5(8(11,12)13)3-7(10)4-6/h2-4,14-15H,1H3. The lowest BCUT2D eigenvalue weighted by atomic mass is 10.1. The van der Waals surface area contributed by atoms with E-state index in [1.807, 2.05) is 0 Å². The fourth-order valence-electron chi connectivity index (χ4n) is 1.06. The van der Waals surface area contributed by atoms with E-state index in [2.05, 4.69) is 4.74 Å². The summed E-state index contributed by atoms with van der Waals surface area (Å²) in [7, 11) is 0.859. The third-order valence-corrected chi connectivity index (χ3v) is 1.89. The van der Waals surface area contributed by atoms with Crippen molar-refractivity contribution in [3.05, 3.63) is 35.1 Å². The lowest BCUT2D eigenvalue weighted by Gasteiger charge is -2.20. The minimum Gasteiger partial charge on any atom is -0.340 e. The largest absolute Gasteiger partial charge is 0.416 e. The molecule has 0 heterocycles. The van der Waals surface area contributed by atoms with Gasteiger partial charge in [-0.1, -0.05) is 0 Å². The van der Waals surface area contributed by atoms with Gasteiger partial charge in [0, 0.05) is 12.7 Å². The van der Waals surface area contributed by atoms with Crippen molar-refractivity contribution in [3.8, 4) is 0 Å². The van der Waals surface area contributed by atoms with Crippen molar-refractivity contribution in [1.82, 2.24) is 0 Å². The fraction of sp³-hybridized carbons (Fsp3) is 0.333. The van der Waals surface area contributed by atoms with Crippen molar-refractivity contribution in [3.63, 3.8) is 0 Å². The van der Waals surface area contributed by atoms with Crippen LogP contribution in [0.5, 0.6) is 0 Å². The molecule has 3 nitrogen and oxygen atoms in total. The molecule has 0 radical (unpaired) electrons. The Morgan fingerprint density at radius 2 is 1.56 bits per heavy atom. The number of methoxy groups -OCH3 is 1. The van der Waals surface area contributed by atoms with Gasteiger partial charge in [0.15, 0.2) is 0 Å². The maximum absolute atomic E-state index is 12.8. The van der Waals surface area contributed by atoms with E-state index in [1.54, 1.807) is 0 Å².